The largest absolute Gasteiger partial charge is 0.507 e. The van der Waals surface area contributed by atoms with Gasteiger partial charge >= 0.3 is 0 Å². The molecule has 0 bridgehead atoms. The Morgan fingerprint density at radius 1 is 0.871 bits per heavy atom. The summed E-state index contributed by atoms with van der Waals surface area (Å²) in [5.74, 6) is 2.53. The highest BCUT2D eigenvalue weighted by atomic mass is 16.5. The zero-order valence-electron chi connectivity index (χ0n) is 17.8. The van der Waals surface area contributed by atoms with Crippen molar-refractivity contribution >= 4 is 5.71 Å². The Morgan fingerprint density at radius 2 is 1.58 bits per heavy atom. The molecule has 1 aliphatic rings. The van der Waals surface area contributed by atoms with E-state index in [2.05, 4.69) is 5.32 Å². The number of phenolic OH excluding ortho intramolecular Hbond substituents is 1. The summed E-state index contributed by atoms with van der Waals surface area (Å²) in [7, 11) is 4.95. The molecule has 0 saturated heterocycles. The zero-order chi connectivity index (χ0) is 21.8. The lowest BCUT2D eigenvalue weighted by Gasteiger charge is -2.31. The molecule has 2 N–H and O–H groups in total. The molecule has 0 fully saturated rings. The summed E-state index contributed by atoms with van der Waals surface area (Å²) in [6, 6.07) is 20.8. The molecule has 1 heterocycles. The van der Waals surface area contributed by atoms with Gasteiger partial charge in [0.15, 0.2) is 0 Å². The number of rotatable bonds is 6. The van der Waals surface area contributed by atoms with Crippen LogP contribution >= 0.6 is 0 Å². The van der Waals surface area contributed by atoms with E-state index in [1.54, 1.807) is 27.4 Å². The molecule has 6 nitrogen and oxygen atoms in total. The average molecular weight is 418 g/mol. The van der Waals surface area contributed by atoms with Crippen LogP contribution in [-0.2, 0) is 0 Å². The van der Waals surface area contributed by atoms with E-state index in [4.69, 9.17) is 19.2 Å². The Hall–Kier alpha value is -3.51. The lowest BCUT2D eigenvalue weighted by atomic mass is 9.93. The van der Waals surface area contributed by atoms with Crippen LogP contribution in [0.25, 0.3) is 0 Å². The second kappa shape index (κ2) is 9.10. The number of hydrogen-bond acceptors (Lipinski definition) is 6. The molecule has 1 aliphatic heterocycles. The smallest absolute Gasteiger partial charge is 0.126 e. The van der Waals surface area contributed by atoms with Crippen LogP contribution in [0, 0.1) is 0 Å². The van der Waals surface area contributed by atoms with Crippen molar-refractivity contribution in [2.45, 2.75) is 18.6 Å². The second-order valence-electron chi connectivity index (χ2n) is 7.30. The average Bonchev–Trinajstić information content (AvgIpc) is 2.83. The Morgan fingerprint density at radius 3 is 2.26 bits per heavy atom. The quantitative estimate of drug-likeness (QED) is 0.610. The van der Waals surface area contributed by atoms with Gasteiger partial charge in [-0.15, -0.1) is 0 Å². The van der Waals surface area contributed by atoms with Crippen LogP contribution in [0.4, 0.5) is 0 Å². The highest BCUT2D eigenvalue weighted by Crippen LogP contribution is 2.37. The monoisotopic (exact) mass is 418 g/mol. The number of methoxy groups -OCH3 is 3. The van der Waals surface area contributed by atoms with Gasteiger partial charge in [-0.25, -0.2) is 0 Å². The van der Waals surface area contributed by atoms with Crippen molar-refractivity contribution in [1.82, 2.24) is 5.32 Å². The molecule has 3 aromatic carbocycles. The van der Waals surface area contributed by atoms with Crippen molar-refractivity contribution in [2.24, 2.45) is 4.99 Å². The molecule has 0 amide bonds. The summed E-state index contributed by atoms with van der Waals surface area (Å²) in [4.78, 5) is 4.95. The van der Waals surface area contributed by atoms with E-state index in [0.29, 0.717) is 6.42 Å². The first-order chi connectivity index (χ1) is 15.1. The Balaban J connectivity index is 1.78. The normalized spacial score (nSPS) is 18.2. The molecule has 6 heteroatoms. The van der Waals surface area contributed by atoms with E-state index >= 15 is 0 Å². The molecule has 31 heavy (non-hydrogen) atoms. The maximum absolute atomic E-state index is 10.5. The maximum Gasteiger partial charge on any atom is 0.126 e. The van der Waals surface area contributed by atoms with Gasteiger partial charge in [0.25, 0.3) is 0 Å². The van der Waals surface area contributed by atoms with E-state index in [-0.39, 0.29) is 18.0 Å². The van der Waals surface area contributed by atoms with Gasteiger partial charge in [-0.3, -0.25) is 10.3 Å². The molecule has 4 rings (SSSR count). The van der Waals surface area contributed by atoms with Crippen LogP contribution in [0.15, 0.2) is 71.7 Å². The molecule has 0 spiro atoms. The van der Waals surface area contributed by atoms with Crippen molar-refractivity contribution in [2.75, 3.05) is 21.3 Å². The number of phenols is 1. The third-order valence-electron chi connectivity index (χ3n) is 5.50. The molecule has 0 aromatic heterocycles. The van der Waals surface area contributed by atoms with E-state index < -0.39 is 0 Å². The number of para-hydroxylation sites is 1. The van der Waals surface area contributed by atoms with E-state index in [0.717, 1.165) is 39.7 Å². The van der Waals surface area contributed by atoms with E-state index in [1.807, 2.05) is 60.7 Å². The second-order valence-corrected chi connectivity index (χ2v) is 7.30. The van der Waals surface area contributed by atoms with Gasteiger partial charge in [-0.05, 0) is 48.0 Å². The van der Waals surface area contributed by atoms with Gasteiger partial charge in [0.1, 0.15) is 29.2 Å². The van der Waals surface area contributed by atoms with Crippen molar-refractivity contribution in [3.05, 3.63) is 83.4 Å². The summed E-state index contributed by atoms with van der Waals surface area (Å²) in [6.45, 7) is 0. The summed E-state index contributed by atoms with van der Waals surface area (Å²) >= 11 is 0. The maximum atomic E-state index is 10.5. The molecule has 0 aliphatic carbocycles. The number of aliphatic imine (C=N–C) groups is 1. The number of nitrogens with zero attached hydrogens (tertiary/aromatic N) is 1. The van der Waals surface area contributed by atoms with Gasteiger partial charge in [-0.1, -0.05) is 24.3 Å². The summed E-state index contributed by atoms with van der Waals surface area (Å²) in [5, 5.41) is 14.1. The Labute approximate surface area is 182 Å². The minimum Gasteiger partial charge on any atom is -0.507 e. The summed E-state index contributed by atoms with van der Waals surface area (Å²) < 4.78 is 16.4. The van der Waals surface area contributed by atoms with Crippen LogP contribution in [-0.4, -0.2) is 32.1 Å². The molecule has 2 atom stereocenters. The van der Waals surface area contributed by atoms with Crippen LogP contribution in [0.5, 0.6) is 23.0 Å². The minimum atomic E-state index is -0.296. The number of benzene rings is 3. The van der Waals surface area contributed by atoms with Crippen molar-refractivity contribution < 1.29 is 19.3 Å². The van der Waals surface area contributed by atoms with Gasteiger partial charge < -0.3 is 19.3 Å². The first-order valence-electron chi connectivity index (χ1n) is 10.1. The Kier molecular flexibility index (Phi) is 6.09. The fourth-order valence-electron chi connectivity index (χ4n) is 3.85. The van der Waals surface area contributed by atoms with Crippen LogP contribution in [0.1, 0.15) is 35.3 Å². The lowest BCUT2D eigenvalue weighted by Crippen LogP contribution is -2.33. The number of nitrogens with one attached hydrogen (secondary N) is 1. The van der Waals surface area contributed by atoms with Crippen LogP contribution < -0.4 is 19.5 Å². The Bertz CT molecular complexity index is 1080. The standard InChI is InChI=1S/C25H26N2O4/c1-29-17-10-8-16(9-11-17)25-26-21(19-6-4-5-7-23(19)28)15-22(27-25)20-14-18(30-2)12-13-24(20)31-3/h4-14,22,25,27-28H,15H2,1-3H3/t22-,25-/m1/s1. The number of ether oxygens (including phenoxy) is 3. The topological polar surface area (TPSA) is 72.3 Å². The van der Waals surface area contributed by atoms with E-state index in [1.165, 1.54) is 0 Å². The molecule has 160 valence electrons. The van der Waals surface area contributed by atoms with Crippen LogP contribution in [0.2, 0.25) is 0 Å². The molecule has 0 unspecified atom stereocenters. The van der Waals surface area contributed by atoms with Gasteiger partial charge in [0.2, 0.25) is 0 Å². The predicted octanol–water partition coefficient (Wildman–Crippen LogP) is 4.64. The zero-order valence-corrected chi connectivity index (χ0v) is 17.8. The minimum absolute atomic E-state index is 0.0933. The summed E-state index contributed by atoms with van der Waals surface area (Å²) in [6.07, 6.45) is 0.295. The fourth-order valence-corrected chi connectivity index (χ4v) is 3.85. The molecule has 3 aromatic rings. The number of aromatic hydroxyl groups is 1. The highest BCUT2D eigenvalue weighted by Gasteiger charge is 2.29. The first kappa shape index (κ1) is 20.8. The van der Waals surface area contributed by atoms with Crippen LogP contribution in [0.3, 0.4) is 0 Å². The third kappa shape index (κ3) is 4.34. The lowest BCUT2D eigenvalue weighted by molar-refractivity contribution is 0.378. The van der Waals surface area contributed by atoms with Gasteiger partial charge in [0, 0.05) is 23.6 Å². The van der Waals surface area contributed by atoms with Gasteiger partial charge in [-0.2, -0.15) is 0 Å². The summed E-state index contributed by atoms with van der Waals surface area (Å²) in [5.41, 5.74) is 3.53. The van der Waals surface area contributed by atoms with E-state index in [9.17, 15) is 5.11 Å². The SMILES string of the molecule is COc1ccc([C@@H]2N=C(c3ccccc3O)C[C@H](c3cc(OC)ccc3OC)N2)cc1. The molecule has 0 radical (unpaired) electrons. The third-order valence-corrected chi connectivity index (χ3v) is 5.50. The van der Waals surface area contributed by atoms with Crippen molar-refractivity contribution in [3.8, 4) is 23.0 Å². The van der Waals surface area contributed by atoms with Gasteiger partial charge in [0.05, 0.1) is 27.0 Å². The first-order valence-corrected chi connectivity index (χ1v) is 10.1. The molecule has 0 saturated carbocycles. The molecular formula is C25H26N2O4. The number of hydrogen-bond donors (Lipinski definition) is 2. The predicted molar refractivity (Wildman–Crippen MR) is 120 cm³/mol. The van der Waals surface area contributed by atoms with Crippen molar-refractivity contribution in [1.29, 1.82) is 0 Å². The molecular weight excluding hydrogens is 392 g/mol. The van der Waals surface area contributed by atoms with Crippen molar-refractivity contribution in [3.63, 3.8) is 0 Å². The fraction of sp³-hybridized carbons (Fsp3) is 0.240. The highest BCUT2D eigenvalue weighted by molar-refractivity contribution is 6.03.